The van der Waals surface area contributed by atoms with E-state index in [0.717, 1.165) is 18.7 Å². The standard InChI is InChI=1S/C17H21FN2O2/c1-11-16-10-19-17(22-3)6-12(16)4-5-20(11)14-7-13(18)8-15(9-14)21-2/h6-11,17,19H,4-5H2,1-3H3. The van der Waals surface area contributed by atoms with Crippen LogP contribution in [-0.4, -0.2) is 33.0 Å². The van der Waals surface area contributed by atoms with Crippen LogP contribution in [0, 0.1) is 5.82 Å². The van der Waals surface area contributed by atoms with Crippen molar-refractivity contribution in [2.45, 2.75) is 25.6 Å². The summed E-state index contributed by atoms with van der Waals surface area (Å²) in [7, 11) is 3.24. The molecule has 22 heavy (non-hydrogen) atoms. The van der Waals surface area contributed by atoms with Gasteiger partial charge in [0.25, 0.3) is 0 Å². The predicted molar refractivity (Wildman–Crippen MR) is 84.5 cm³/mol. The molecule has 1 fully saturated rings. The molecular formula is C17H21FN2O2. The quantitative estimate of drug-likeness (QED) is 0.931. The summed E-state index contributed by atoms with van der Waals surface area (Å²) in [5.41, 5.74) is 3.37. The molecule has 1 aromatic carbocycles. The molecule has 0 aliphatic carbocycles. The van der Waals surface area contributed by atoms with Crippen molar-refractivity contribution < 1.29 is 13.9 Å². The van der Waals surface area contributed by atoms with Gasteiger partial charge in [0.1, 0.15) is 17.8 Å². The molecule has 0 spiro atoms. The number of ether oxygens (including phenoxy) is 2. The number of benzene rings is 1. The van der Waals surface area contributed by atoms with Crippen molar-refractivity contribution in [3.8, 4) is 5.75 Å². The van der Waals surface area contributed by atoms with E-state index in [9.17, 15) is 4.39 Å². The molecule has 0 bridgehead atoms. The minimum Gasteiger partial charge on any atom is -0.497 e. The summed E-state index contributed by atoms with van der Waals surface area (Å²) in [6, 6.07) is 5.00. The first-order valence-corrected chi connectivity index (χ1v) is 7.43. The van der Waals surface area contributed by atoms with Crippen LogP contribution in [0.1, 0.15) is 13.3 Å². The van der Waals surface area contributed by atoms with Gasteiger partial charge in [-0.1, -0.05) is 0 Å². The van der Waals surface area contributed by atoms with Crippen LogP contribution in [0.3, 0.4) is 0 Å². The Morgan fingerprint density at radius 1 is 1.27 bits per heavy atom. The van der Waals surface area contributed by atoms with Crippen molar-refractivity contribution in [3.05, 3.63) is 47.4 Å². The van der Waals surface area contributed by atoms with Crippen LogP contribution in [0.2, 0.25) is 0 Å². The fourth-order valence-electron chi connectivity index (χ4n) is 3.13. The zero-order chi connectivity index (χ0) is 15.7. The summed E-state index contributed by atoms with van der Waals surface area (Å²) in [4.78, 5) is 2.20. The number of methoxy groups -OCH3 is 2. The lowest BCUT2D eigenvalue weighted by Gasteiger charge is -2.40. The average Bonchev–Trinajstić information content (AvgIpc) is 2.54. The molecule has 4 nitrogen and oxygen atoms in total. The molecule has 118 valence electrons. The molecule has 1 saturated heterocycles. The molecule has 0 aromatic heterocycles. The van der Waals surface area contributed by atoms with Crippen LogP contribution in [0.25, 0.3) is 0 Å². The molecule has 2 heterocycles. The molecule has 0 amide bonds. The predicted octanol–water partition coefficient (Wildman–Crippen LogP) is 2.82. The summed E-state index contributed by atoms with van der Waals surface area (Å²) in [6.07, 6.45) is 4.98. The highest BCUT2D eigenvalue weighted by atomic mass is 19.1. The number of hydrogen-bond acceptors (Lipinski definition) is 4. The van der Waals surface area contributed by atoms with E-state index in [1.807, 2.05) is 12.3 Å². The van der Waals surface area contributed by atoms with Gasteiger partial charge >= 0.3 is 0 Å². The van der Waals surface area contributed by atoms with Gasteiger partial charge in [-0.15, -0.1) is 0 Å². The van der Waals surface area contributed by atoms with Crippen LogP contribution in [0.15, 0.2) is 41.6 Å². The highest BCUT2D eigenvalue weighted by Gasteiger charge is 2.29. The van der Waals surface area contributed by atoms with E-state index >= 15 is 0 Å². The molecule has 0 radical (unpaired) electrons. The summed E-state index contributed by atoms with van der Waals surface area (Å²) in [5, 5.41) is 3.22. The van der Waals surface area contributed by atoms with Crippen molar-refractivity contribution in [1.29, 1.82) is 0 Å². The van der Waals surface area contributed by atoms with Gasteiger partial charge in [-0.05, 0) is 36.6 Å². The van der Waals surface area contributed by atoms with E-state index in [0.29, 0.717) is 5.75 Å². The van der Waals surface area contributed by atoms with E-state index in [1.54, 1.807) is 20.3 Å². The fraction of sp³-hybridized carbons (Fsp3) is 0.412. The number of anilines is 1. The second-order valence-electron chi connectivity index (χ2n) is 5.58. The monoisotopic (exact) mass is 304 g/mol. The SMILES string of the molecule is COc1cc(F)cc(N2CCC3=CC(OC)NC=C3C2C)c1. The molecule has 2 unspecified atom stereocenters. The van der Waals surface area contributed by atoms with Gasteiger partial charge in [0.05, 0.1) is 13.2 Å². The van der Waals surface area contributed by atoms with Crippen molar-refractivity contribution in [2.75, 3.05) is 25.7 Å². The van der Waals surface area contributed by atoms with Crippen molar-refractivity contribution >= 4 is 5.69 Å². The molecule has 3 rings (SSSR count). The zero-order valence-electron chi connectivity index (χ0n) is 13.1. The van der Waals surface area contributed by atoms with E-state index in [-0.39, 0.29) is 18.1 Å². The highest BCUT2D eigenvalue weighted by Crippen LogP contribution is 2.34. The summed E-state index contributed by atoms with van der Waals surface area (Å²) in [5.74, 6) is 0.261. The first kappa shape index (κ1) is 14.9. The molecule has 2 aliphatic heterocycles. The first-order chi connectivity index (χ1) is 10.6. The Hall–Kier alpha value is -2.01. The summed E-state index contributed by atoms with van der Waals surface area (Å²) >= 11 is 0. The van der Waals surface area contributed by atoms with Gasteiger partial charge in [-0.2, -0.15) is 0 Å². The Bertz CT molecular complexity index is 627. The van der Waals surface area contributed by atoms with Crippen molar-refractivity contribution in [3.63, 3.8) is 0 Å². The Kier molecular flexibility index (Phi) is 4.07. The zero-order valence-corrected chi connectivity index (χ0v) is 13.1. The number of nitrogens with one attached hydrogen (secondary N) is 1. The third kappa shape index (κ3) is 2.68. The summed E-state index contributed by atoms with van der Waals surface area (Å²) in [6.45, 7) is 2.97. The maximum atomic E-state index is 13.8. The summed E-state index contributed by atoms with van der Waals surface area (Å²) < 4.78 is 24.3. The number of rotatable bonds is 3. The molecule has 2 aliphatic rings. The molecule has 1 aromatic rings. The van der Waals surface area contributed by atoms with E-state index < -0.39 is 0 Å². The van der Waals surface area contributed by atoms with Gasteiger partial charge < -0.3 is 19.7 Å². The molecule has 2 atom stereocenters. The molecule has 5 heteroatoms. The average molecular weight is 304 g/mol. The number of halogens is 1. The van der Waals surface area contributed by atoms with E-state index in [1.165, 1.54) is 17.2 Å². The topological polar surface area (TPSA) is 33.7 Å². The van der Waals surface area contributed by atoms with Crippen LogP contribution < -0.4 is 15.0 Å². The van der Waals surface area contributed by atoms with Crippen LogP contribution in [0.4, 0.5) is 10.1 Å². The lowest BCUT2D eigenvalue weighted by Crippen LogP contribution is -2.43. The van der Waals surface area contributed by atoms with E-state index in [4.69, 9.17) is 9.47 Å². The van der Waals surface area contributed by atoms with Crippen LogP contribution in [0.5, 0.6) is 5.75 Å². The second kappa shape index (κ2) is 6.01. The maximum Gasteiger partial charge on any atom is 0.146 e. The molecule has 0 saturated carbocycles. The van der Waals surface area contributed by atoms with Gasteiger partial charge in [-0.25, -0.2) is 4.39 Å². The number of hydrogen-bond donors (Lipinski definition) is 1. The van der Waals surface area contributed by atoms with E-state index in [2.05, 4.69) is 23.2 Å². The van der Waals surface area contributed by atoms with Gasteiger partial charge in [0.15, 0.2) is 0 Å². The van der Waals surface area contributed by atoms with Crippen molar-refractivity contribution in [2.24, 2.45) is 0 Å². The fourth-order valence-corrected chi connectivity index (χ4v) is 3.13. The Labute approximate surface area is 130 Å². The lowest BCUT2D eigenvalue weighted by molar-refractivity contribution is 0.122. The minimum absolute atomic E-state index is 0.0632. The highest BCUT2D eigenvalue weighted by molar-refractivity contribution is 5.57. The Balaban J connectivity index is 1.88. The molecular weight excluding hydrogens is 283 g/mol. The molecule has 1 N–H and O–H groups in total. The van der Waals surface area contributed by atoms with Crippen LogP contribution in [-0.2, 0) is 4.74 Å². The number of piperidine rings is 1. The number of fused-ring (bicyclic) bond motifs is 1. The Morgan fingerprint density at radius 3 is 2.82 bits per heavy atom. The second-order valence-corrected chi connectivity index (χ2v) is 5.58. The van der Waals surface area contributed by atoms with Gasteiger partial charge in [0.2, 0.25) is 0 Å². The maximum absolute atomic E-state index is 13.8. The Morgan fingerprint density at radius 2 is 2.09 bits per heavy atom. The normalized spacial score (nSPS) is 24.1. The third-order valence-corrected chi connectivity index (χ3v) is 4.34. The van der Waals surface area contributed by atoms with Gasteiger partial charge in [-0.3, -0.25) is 0 Å². The lowest BCUT2D eigenvalue weighted by atomic mass is 9.89. The first-order valence-electron chi connectivity index (χ1n) is 7.43. The van der Waals surface area contributed by atoms with Crippen molar-refractivity contribution in [1.82, 2.24) is 5.32 Å². The van der Waals surface area contributed by atoms with Gasteiger partial charge in [0, 0.05) is 37.7 Å². The number of nitrogens with zero attached hydrogens (tertiary/aromatic N) is 1. The number of dihydropyridines is 1. The largest absolute Gasteiger partial charge is 0.497 e. The third-order valence-electron chi connectivity index (χ3n) is 4.34. The minimum atomic E-state index is -0.280. The smallest absolute Gasteiger partial charge is 0.146 e. The van der Waals surface area contributed by atoms with Crippen LogP contribution >= 0.6 is 0 Å².